The van der Waals surface area contributed by atoms with Crippen LogP contribution in [0.5, 0.6) is 5.75 Å². The van der Waals surface area contributed by atoms with Crippen molar-refractivity contribution < 1.29 is 23.1 Å². The molecule has 0 amide bonds. The number of carboxylic acids is 1. The maximum Gasteiger partial charge on any atom is 0.346 e. The number of hydrogen-bond acceptors (Lipinski definition) is 4. The van der Waals surface area contributed by atoms with Gasteiger partial charge in [-0.1, -0.05) is 12.1 Å². The van der Waals surface area contributed by atoms with E-state index >= 15 is 0 Å². The highest BCUT2D eigenvalue weighted by Gasteiger charge is 2.35. The number of anilines is 1. The standard InChI is InChI=1S/C11H13NO5S/c1-2-18(15,16)12-7-10(11(13)14)17-9-6-4-3-5-8(9)12/h3-6,10H,2,7H2,1H3,(H,13,14). The summed E-state index contributed by atoms with van der Waals surface area (Å²) in [5.74, 6) is -0.998. The Morgan fingerprint density at radius 2 is 2.17 bits per heavy atom. The third-order valence-corrected chi connectivity index (χ3v) is 4.46. The molecule has 1 aromatic rings. The van der Waals surface area contributed by atoms with Crippen molar-refractivity contribution >= 4 is 21.7 Å². The van der Waals surface area contributed by atoms with Crippen molar-refractivity contribution in [2.45, 2.75) is 13.0 Å². The summed E-state index contributed by atoms with van der Waals surface area (Å²) in [4.78, 5) is 11.0. The lowest BCUT2D eigenvalue weighted by Gasteiger charge is -2.33. The maximum absolute atomic E-state index is 12.0. The Kier molecular flexibility index (Phi) is 3.16. The topological polar surface area (TPSA) is 83.9 Å². The first-order valence-corrected chi connectivity index (χ1v) is 7.05. The van der Waals surface area contributed by atoms with Gasteiger partial charge in [0.1, 0.15) is 5.75 Å². The second-order valence-electron chi connectivity index (χ2n) is 3.84. The van der Waals surface area contributed by atoms with Crippen LogP contribution in [-0.2, 0) is 14.8 Å². The van der Waals surface area contributed by atoms with Crippen LogP contribution in [0.4, 0.5) is 5.69 Å². The molecule has 0 radical (unpaired) electrons. The van der Waals surface area contributed by atoms with E-state index in [9.17, 15) is 13.2 Å². The van der Waals surface area contributed by atoms with Crippen LogP contribution in [0.2, 0.25) is 0 Å². The lowest BCUT2D eigenvalue weighted by Crippen LogP contribution is -2.47. The van der Waals surface area contributed by atoms with Gasteiger partial charge >= 0.3 is 5.97 Å². The number of ether oxygens (including phenoxy) is 1. The predicted octanol–water partition coefficient (Wildman–Crippen LogP) is 0.688. The lowest BCUT2D eigenvalue weighted by molar-refractivity contribution is -0.144. The molecule has 1 unspecified atom stereocenters. The predicted molar refractivity (Wildman–Crippen MR) is 65.3 cm³/mol. The molecule has 98 valence electrons. The van der Waals surface area contributed by atoms with E-state index in [4.69, 9.17) is 9.84 Å². The van der Waals surface area contributed by atoms with Gasteiger partial charge in [0, 0.05) is 0 Å². The molecule has 0 spiro atoms. The minimum Gasteiger partial charge on any atom is -0.478 e. The molecule has 1 heterocycles. The fourth-order valence-electron chi connectivity index (χ4n) is 1.75. The largest absolute Gasteiger partial charge is 0.478 e. The SMILES string of the molecule is CCS(=O)(=O)N1CC(C(=O)O)Oc2ccccc21. The van der Waals surface area contributed by atoms with Crippen LogP contribution < -0.4 is 9.04 Å². The minimum absolute atomic E-state index is 0.0896. The van der Waals surface area contributed by atoms with Gasteiger partial charge in [-0.05, 0) is 19.1 Å². The van der Waals surface area contributed by atoms with E-state index < -0.39 is 22.1 Å². The highest BCUT2D eigenvalue weighted by atomic mass is 32.2. The molecule has 0 bridgehead atoms. The second kappa shape index (κ2) is 4.49. The van der Waals surface area contributed by atoms with Crippen LogP contribution in [0.15, 0.2) is 24.3 Å². The third-order valence-electron chi connectivity index (χ3n) is 2.71. The summed E-state index contributed by atoms with van der Waals surface area (Å²) < 4.78 is 30.3. The molecule has 18 heavy (non-hydrogen) atoms. The number of carboxylic acid groups (broad SMARTS) is 1. The molecule has 0 saturated heterocycles. The summed E-state index contributed by atoms with van der Waals surface area (Å²) in [5.41, 5.74) is 0.386. The van der Waals surface area contributed by atoms with E-state index in [1.807, 2.05) is 0 Å². The Labute approximate surface area is 105 Å². The first kappa shape index (κ1) is 12.7. The van der Waals surface area contributed by atoms with Crippen LogP contribution in [-0.4, -0.2) is 37.9 Å². The average molecular weight is 271 g/mol. The van der Waals surface area contributed by atoms with Crippen LogP contribution in [0.1, 0.15) is 6.92 Å². The van der Waals surface area contributed by atoms with Crippen LogP contribution in [0.25, 0.3) is 0 Å². The van der Waals surface area contributed by atoms with Crippen LogP contribution in [0.3, 0.4) is 0 Å². The Morgan fingerprint density at radius 1 is 1.50 bits per heavy atom. The zero-order valence-corrected chi connectivity index (χ0v) is 10.6. The number of fused-ring (bicyclic) bond motifs is 1. The minimum atomic E-state index is -3.51. The summed E-state index contributed by atoms with van der Waals surface area (Å²) in [6, 6.07) is 6.50. The van der Waals surface area contributed by atoms with Gasteiger partial charge in [0.15, 0.2) is 0 Å². The Bertz CT molecular complexity index is 569. The van der Waals surface area contributed by atoms with Gasteiger partial charge in [0.25, 0.3) is 0 Å². The molecule has 7 heteroatoms. The summed E-state index contributed by atoms with van der Waals surface area (Å²) in [5, 5.41) is 8.97. The molecule has 0 aliphatic carbocycles. The smallest absolute Gasteiger partial charge is 0.346 e. The number of sulfonamides is 1. The van der Waals surface area contributed by atoms with E-state index in [0.717, 1.165) is 4.31 Å². The van der Waals surface area contributed by atoms with Crippen molar-refractivity contribution in [3.05, 3.63) is 24.3 Å². The van der Waals surface area contributed by atoms with Gasteiger partial charge < -0.3 is 9.84 Å². The summed E-state index contributed by atoms with van der Waals surface area (Å²) >= 11 is 0. The monoisotopic (exact) mass is 271 g/mol. The van der Waals surface area contributed by atoms with Crippen molar-refractivity contribution in [1.82, 2.24) is 0 Å². The number of nitrogens with zero attached hydrogens (tertiary/aromatic N) is 1. The Hall–Kier alpha value is -1.76. The van der Waals surface area contributed by atoms with Gasteiger partial charge in [0.2, 0.25) is 16.1 Å². The van der Waals surface area contributed by atoms with Crippen molar-refractivity contribution in [2.24, 2.45) is 0 Å². The van der Waals surface area contributed by atoms with Gasteiger partial charge in [-0.3, -0.25) is 4.31 Å². The number of benzene rings is 1. The van der Waals surface area contributed by atoms with Gasteiger partial charge in [-0.15, -0.1) is 0 Å². The fourth-order valence-corrected chi connectivity index (χ4v) is 2.87. The lowest BCUT2D eigenvalue weighted by atomic mass is 10.2. The first-order chi connectivity index (χ1) is 8.45. The van der Waals surface area contributed by atoms with Crippen molar-refractivity contribution in [3.63, 3.8) is 0 Å². The Balaban J connectivity index is 2.50. The van der Waals surface area contributed by atoms with E-state index in [1.54, 1.807) is 24.3 Å². The van der Waals surface area contributed by atoms with Crippen molar-refractivity contribution in [3.8, 4) is 5.75 Å². The molecule has 1 N–H and O–H groups in total. The summed E-state index contributed by atoms with van der Waals surface area (Å²) in [6.07, 6.45) is -1.18. The van der Waals surface area contributed by atoms with Gasteiger partial charge in [-0.2, -0.15) is 0 Å². The number of hydrogen-bond donors (Lipinski definition) is 1. The highest BCUT2D eigenvalue weighted by molar-refractivity contribution is 7.92. The molecule has 2 rings (SSSR count). The second-order valence-corrected chi connectivity index (χ2v) is 6.03. The zero-order valence-electron chi connectivity index (χ0n) is 9.74. The molecule has 1 aliphatic rings. The maximum atomic E-state index is 12.0. The zero-order chi connectivity index (χ0) is 13.3. The molecule has 1 atom stereocenters. The molecule has 0 fully saturated rings. The summed E-state index contributed by atoms with van der Waals surface area (Å²) in [6.45, 7) is 1.31. The third kappa shape index (κ3) is 2.13. The molecule has 1 aliphatic heterocycles. The molecule has 1 aromatic carbocycles. The number of rotatable bonds is 3. The molecule has 0 aromatic heterocycles. The molecule has 6 nitrogen and oxygen atoms in total. The van der Waals surface area contributed by atoms with E-state index in [1.165, 1.54) is 6.92 Å². The van der Waals surface area contributed by atoms with Crippen molar-refractivity contribution in [2.75, 3.05) is 16.6 Å². The number of aliphatic carboxylic acids is 1. The van der Waals surface area contributed by atoms with E-state index in [2.05, 4.69) is 0 Å². The average Bonchev–Trinajstić information content (AvgIpc) is 2.37. The fraction of sp³-hybridized carbons (Fsp3) is 0.364. The summed E-state index contributed by atoms with van der Waals surface area (Å²) in [7, 11) is -3.51. The van der Waals surface area contributed by atoms with Crippen LogP contribution >= 0.6 is 0 Å². The molecular weight excluding hydrogens is 258 g/mol. The number of carbonyl (C=O) groups is 1. The molecule has 0 saturated carbocycles. The van der Waals surface area contributed by atoms with E-state index in [-0.39, 0.29) is 18.0 Å². The van der Waals surface area contributed by atoms with Gasteiger partial charge in [0.05, 0.1) is 18.0 Å². The van der Waals surface area contributed by atoms with E-state index in [0.29, 0.717) is 5.69 Å². The van der Waals surface area contributed by atoms with Gasteiger partial charge in [-0.25, -0.2) is 13.2 Å². The van der Waals surface area contributed by atoms with Crippen LogP contribution in [0, 0.1) is 0 Å². The normalized spacial score (nSPS) is 18.9. The van der Waals surface area contributed by atoms with Crippen molar-refractivity contribution in [1.29, 1.82) is 0 Å². The highest BCUT2D eigenvalue weighted by Crippen LogP contribution is 2.34. The quantitative estimate of drug-likeness (QED) is 0.874. The molecular formula is C11H13NO5S. The Morgan fingerprint density at radius 3 is 2.78 bits per heavy atom. The first-order valence-electron chi connectivity index (χ1n) is 5.44. The number of para-hydroxylation sites is 2.